The number of nitrogens with zero attached hydrogens (tertiary/aromatic N) is 3. The van der Waals surface area contributed by atoms with Gasteiger partial charge in [0.2, 0.25) is 5.88 Å². The average molecular weight is 177 g/mol. The maximum atomic E-state index is 5.23. The number of ether oxygens (including phenoxy) is 1. The first-order valence-corrected chi connectivity index (χ1v) is 4.23. The van der Waals surface area contributed by atoms with E-state index in [-0.39, 0.29) is 0 Å². The molecule has 0 aliphatic carbocycles. The van der Waals surface area contributed by atoms with Gasteiger partial charge < -0.3 is 4.74 Å². The third kappa shape index (κ3) is 1.14. The smallest absolute Gasteiger partial charge is 0.238 e. The molecule has 0 aliphatic rings. The van der Waals surface area contributed by atoms with Crippen LogP contribution in [0.5, 0.6) is 5.88 Å². The Morgan fingerprint density at radius 2 is 2.38 bits per heavy atom. The summed E-state index contributed by atoms with van der Waals surface area (Å²) in [4.78, 5) is 4.38. The van der Waals surface area contributed by atoms with E-state index in [1.165, 1.54) is 0 Å². The van der Waals surface area contributed by atoms with E-state index >= 15 is 0 Å². The Balaban J connectivity index is 2.73. The van der Waals surface area contributed by atoms with Gasteiger partial charge in [0.05, 0.1) is 7.11 Å². The van der Waals surface area contributed by atoms with Crippen molar-refractivity contribution in [2.45, 2.75) is 13.3 Å². The highest BCUT2D eigenvalue weighted by molar-refractivity contribution is 5.43. The Bertz CT molecular complexity index is 422. The van der Waals surface area contributed by atoms with E-state index in [4.69, 9.17) is 4.74 Å². The molecule has 2 aromatic heterocycles. The van der Waals surface area contributed by atoms with Crippen molar-refractivity contribution in [3.63, 3.8) is 0 Å². The molecular formula is C9H11N3O. The lowest BCUT2D eigenvalue weighted by molar-refractivity contribution is 0.382. The predicted octanol–water partition coefficient (Wildman–Crippen LogP) is 1.30. The minimum Gasteiger partial charge on any atom is -0.480 e. The minimum atomic E-state index is 0.734. The van der Waals surface area contributed by atoms with Gasteiger partial charge in [0.25, 0.3) is 0 Å². The molecule has 0 aliphatic heterocycles. The van der Waals surface area contributed by atoms with Gasteiger partial charge in [-0.1, -0.05) is 6.92 Å². The molecule has 68 valence electrons. The Labute approximate surface area is 76.2 Å². The van der Waals surface area contributed by atoms with Crippen molar-refractivity contribution in [2.24, 2.45) is 0 Å². The second kappa shape index (κ2) is 3.05. The Hall–Kier alpha value is -1.58. The summed E-state index contributed by atoms with van der Waals surface area (Å²) in [5.41, 5.74) is 1.78. The van der Waals surface area contributed by atoms with Gasteiger partial charge in [-0.15, -0.1) is 0 Å². The number of aromatic nitrogens is 3. The van der Waals surface area contributed by atoms with E-state index in [0.29, 0.717) is 0 Å². The van der Waals surface area contributed by atoms with Crippen LogP contribution in [0.15, 0.2) is 18.3 Å². The first kappa shape index (κ1) is 8.04. The van der Waals surface area contributed by atoms with Crippen LogP contribution in [-0.2, 0) is 6.42 Å². The van der Waals surface area contributed by atoms with Crippen molar-refractivity contribution < 1.29 is 4.74 Å². The Kier molecular flexibility index (Phi) is 1.88. The lowest BCUT2D eigenvalue weighted by Crippen LogP contribution is -1.95. The summed E-state index contributed by atoms with van der Waals surface area (Å²) in [6, 6.07) is 3.77. The Morgan fingerprint density at radius 3 is 3.08 bits per heavy atom. The van der Waals surface area contributed by atoms with Crippen LogP contribution in [0.25, 0.3) is 5.65 Å². The molecule has 0 aromatic carbocycles. The zero-order chi connectivity index (χ0) is 9.26. The summed E-state index contributed by atoms with van der Waals surface area (Å²) < 4.78 is 6.93. The number of methoxy groups -OCH3 is 1. The molecule has 0 saturated heterocycles. The molecule has 4 nitrogen and oxygen atoms in total. The van der Waals surface area contributed by atoms with E-state index in [9.17, 15) is 0 Å². The number of aryl methyl sites for hydroxylation is 1. The first-order valence-electron chi connectivity index (χ1n) is 4.23. The summed E-state index contributed by atoms with van der Waals surface area (Å²) >= 11 is 0. The van der Waals surface area contributed by atoms with Gasteiger partial charge in [0.15, 0.2) is 5.65 Å². The molecule has 4 heteroatoms. The molecule has 0 unspecified atom stereocenters. The van der Waals surface area contributed by atoms with Gasteiger partial charge in [-0.25, -0.2) is 4.98 Å². The predicted molar refractivity (Wildman–Crippen MR) is 48.9 cm³/mol. The highest BCUT2D eigenvalue weighted by atomic mass is 16.5. The van der Waals surface area contributed by atoms with E-state index in [2.05, 4.69) is 10.1 Å². The molecule has 0 fully saturated rings. The van der Waals surface area contributed by atoms with Crippen LogP contribution in [0, 0.1) is 0 Å². The first-order chi connectivity index (χ1) is 6.36. The molecular weight excluding hydrogens is 166 g/mol. The molecule has 2 aromatic rings. The third-order valence-corrected chi connectivity index (χ3v) is 1.95. The van der Waals surface area contributed by atoms with Gasteiger partial charge in [-0.05, 0) is 18.6 Å². The second-order valence-electron chi connectivity index (χ2n) is 2.71. The van der Waals surface area contributed by atoms with Crippen molar-refractivity contribution in [1.82, 2.24) is 14.6 Å². The average Bonchev–Trinajstić information content (AvgIpc) is 2.55. The van der Waals surface area contributed by atoms with Crippen molar-refractivity contribution in [3.05, 3.63) is 24.0 Å². The molecule has 13 heavy (non-hydrogen) atoms. The molecule has 0 N–H and O–H groups in total. The van der Waals surface area contributed by atoms with Gasteiger partial charge in [0.1, 0.15) is 5.69 Å². The van der Waals surface area contributed by atoms with Crippen LogP contribution in [0.4, 0.5) is 0 Å². The van der Waals surface area contributed by atoms with Crippen LogP contribution in [-0.4, -0.2) is 21.7 Å². The van der Waals surface area contributed by atoms with Gasteiger partial charge in [-0.2, -0.15) is 9.61 Å². The number of rotatable bonds is 2. The van der Waals surface area contributed by atoms with Crippen LogP contribution < -0.4 is 4.74 Å². The van der Waals surface area contributed by atoms with Crippen LogP contribution >= 0.6 is 0 Å². The fourth-order valence-corrected chi connectivity index (χ4v) is 1.35. The maximum absolute atomic E-state index is 5.23. The van der Waals surface area contributed by atoms with Crippen molar-refractivity contribution in [1.29, 1.82) is 0 Å². The highest BCUT2D eigenvalue weighted by Gasteiger charge is 2.10. The van der Waals surface area contributed by atoms with E-state index in [1.807, 2.05) is 19.1 Å². The third-order valence-electron chi connectivity index (χ3n) is 1.95. The van der Waals surface area contributed by atoms with Gasteiger partial charge >= 0.3 is 0 Å². The maximum Gasteiger partial charge on any atom is 0.238 e. The lowest BCUT2D eigenvalue weighted by atomic mass is 10.4. The fourth-order valence-electron chi connectivity index (χ4n) is 1.35. The van der Waals surface area contributed by atoms with E-state index < -0.39 is 0 Å². The van der Waals surface area contributed by atoms with Crippen LogP contribution in [0.3, 0.4) is 0 Å². The molecule has 0 radical (unpaired) electrons. The molecule has 2 heterocycles. The number of fused-ring (bicyclic) bond motifs is 1. The molecule has 2 rings (SSSR count). The van der Waals surface area contributed by atoms with Crippen molar-refractivity contribution >= 4 is 5.65 Å². The SMILES string of the molecule is CCc1nc2cccnn2c1OC. The van der Waals surface area contributed by atoms with E-state index in [1.54, 1.807) is 17.8 Å². The summed E-state index contributed by atoms with van der Waals surface area (Å²) in [6.07, 6.45) is 2.57. The monoisotopic (exact) mass is 177 g/mol. The largest absolute Gasteiger partial charge is 0.480 e. The van der Waals surface area contributed by atoms with Crippen molar-refractivity contribution in [3.8, 4) is 5.88 Å². The molecule has 0 bridgehead atoms. The lowest BCUT2D eigenvalue weighted by Gasteiger charge is -1.98. The summed E-state index contributed by atoms with van der Waals surface area (Å²) in [7, 11) is 1.64. The summed E-state index contributed by atoms with van der Waals surface area (Å²) in [5, 5.41) is 4.15. The van der Waals surface area contributed by atoms with Crippen molar-refractivity contribution in [2.75, 3.05) is 7.11 Å². The van der Waals surface area contributed by atoms with Crippen LogP contribution in [0.2, 0.25) is 0 Å². The highest BCUT2D eigenvalue weighted by Crippen LogP contribution is 2.18. The molecule has 0 saturated carbocycles. The zero-order valence-corrected chi connectivity index (χ0v) is 7.69. The molecule has 0 spiro atoms. The number of imidazole rings is 1. The van der Waals surface area contributed by atoms with E-state index in [0.717, 1.165) is 23.6 Å². The molecule has 0 atom stereocenters. The standard InChI is InChI=1S/C9H11N3O/c1-3-7-9(13-2)12-8(11-7)5-4-6-10-12/h4-6H,3H2,1-2H3. The zero-order valence-electron chi connectivity index (χ0n) is 7.69. The number of hydrogen-bond acceptors (Lipinski definition) is 3. The summed E-state index contributed by atoms with van der Waals surface area (Å²) in [6.45, 7) is 2.05. The van der Waals surface area contributed by atoms with Crippen LogP contribution in [0.1, 0.15) is 12.6 Å². The number of hydrogen-bond donors (Lipinski definition) is 0. The summed E-state index contributed by atoms with van der Waals surface area (Å²) in [5.74, 6) is 0.734. The van der Waals surface area contributed by atoms with Gasteiger partial charge in [0, 0.05) is 6.20 Å². The quantitative estimate of drug-likeness (QED) is 0.694. The fraction of sp³-hybridized carbons (Fsp3) is 0.333. The minimum absolute atomic E-state index is 0.734. The Morgan fingerprint density at radius 1 is 1.54 bits per heavy atom. The topological polar surface area (TPSA) is 39.4 Å². The second-order valence-corrected chi connectivity index (χ2v) is 2.71. The van der Waals surface area contributed by atoms with Gasteiger partial charge in [-0.3, -0.25) is 0 Å². The molecule has 0 amide bonds. The normalized spacial score (nSPS) is 10.6.